The van der Waals surface area contributed by atoms with Crippen LogP contribution in [-0.4, -0.2) is 48.8 Å². The number of halogens is 2. The minimum absolute atomic E-state index is 0.0928. The first-order valence-electron chi connectivity index (χ1n) is 9.48. The number of piperidine rings is 1. The zero-order chi connectivity index (χ0) is 18.0. The van der Waals surface area contributed by atoms with Crippen LogP contribution in [0.2, 0.25) is 0 Å². The normalized spacial score (nSPS) is 29.9. The summed E-state index contributed by atoms with van der Waals surface area (Å²) < 4.78 is 26.9. The van der Waals surface area contributed by atoms with E-state index in [9.17, 15) is 13.9 Å². The second-order valence-corrected chi connectivity index (χ2v) is 7.91. The molecular weight excluding hydrogens is 322 g/mol. The molecule has 1 heterocycles. The lowest BCUT2D eigenvalue weighted by molar-refractivity contribution is -0.0265. The molecule has 2 aliphatic rings. The Morgan fingerprint density at radius 1 is 1.16 bits per heavy atom. The van der Waals surface area contributed by atoms with Crippen molar-refractivity contribution in [1.82, 2.24) is 10.2 Å². The number of aliphatic hydroxyl groups is 1. The second-order valence-electron chi connectivity index (χ2n) is 7.91. The van der Waals surface area contributed by atoms with Crippen LogP contribution in [0.3, 0.4) is 0 Å². The minimum Gasteiger partial charge on any atom is -0.390 e. The van der Waals surface area contributed by atoms with Gasteiger partial charge < -0.3 is 15.3 Å². The van der Waals surface area contributed by atoms with Crippen molar-refractivity contribution in [2.24, 2.45) is 11.8 Å². The molecule has 0 bridgehead atoms. The molecule has 0 aromatic heterocycles. The Balaban J connectivity index is 1.69. The summed E-state index contributed by atoms with van der Waals surface area (Å²) in [6.07, 6.45) is 6.04. The summed E-state index contributed by atoms with van der Waals surface area (Å²) >= 11 is 0. The number of fused-ring (bicyclic) bond motifs is 1. The largest absolute Gasteiger partial charge is 0.390 e. The summed E-state index contributed by atoms with van der Waals surface area (Å²) in [4.78, 5) is 2.29. The summed E-state index contributed by atoms with van der Waals surface area (Å²) in [6, 6.07) is 3.44. The van der Waals surface area contributed by atoms with E-state index < -0.39 is 17.7 Å². The SMILES string of the molecule is CN[C@@H](Cc1cc(F)cc(F)c1)[C@H](O)[C@H]1CC2CCCCC2CN1C. The quantitative estimate of drug-likeness (QED) is 0.855. The fourth-order valence-electron chi connectivity index (χ4n) is 4.88. The Bertz CT molecular complexity index is 563. The van der Waals surface area contributed by atoms with E-state index >= 15 is 0 Å². The van der Waals surface area contributed by atoms with Gasteiger partial charge in [0, 0.05) is 24.7 Å². The van der Waals surface area contributed by atoms with Crippen molar-refractivity contribution >= 4 is 0 Å². The molecule has 1 saturated heterocycles. The van der Waals surface area contributed by atoms with Crippen molar-refractivity contribution in [3.05, 3.63) is 35.4 Å². The number of aliphatic hydroxyl groups excluding tert-OH is 1. The van der Waals surface area contributed by atoms with E-state index in [2.05, 4.69) is 17.3 Å². The third-order valence-corrected chi connectivity index (χ3v) is 6.25. The highest BCUT2D eigenvalue weighted by molar-refractivity contribution is 5.19. The van der Waals surface area contributed by atoms with Gasteiger partial charge in [-0.1, -0.05) is 19.3 Å². The molecule has 1 aliphatic heterocycles. The van der Waals surface area contributed by atoms with E-state index in [1.807, 2.05) is 0 Å². The fraction of sp³-hybridized carbons (Fsp3) is 0.700. The van der Waals surface area contributed by atoms with Crippen LogP contribution in [-0.2, 0) is 6.42 Å². The Morgan fingerprint density at radius 3 is 2.44 bits per heavy atom. The van der Waals surface area contributed by atoms with Gasteiger partial charge in [0.05, 0.1) is 6.10 Å². The monoisotopic (exact) mass is 352 g/mol. The van der Waals surface area contributed by atoms with Crippen molar-refractivity contribution in [3.8, 4) is 0 Å². The van der Waals surface area contributed by atoms with Gasteiger partial charge in [-0.3, -0.25) is 0 Å². The summed E-state index contributed by atoms with van der Waals surface area (Å²) in [5.74, 6) is 0.319. The second kappa shape index (κ2) is 8.11. The molecule has 0 spiro atoms. The van der Waals surface area contributed by atoms with Crippen LogP contribution in [0.15, 0.2) is 18.2 Å². The number of rotatable bonds is 5. The lowest BCUT2D eigenvalue weighted by atomic mass is 9.71. The van der Waals surface area contributed by atoms with Gasteiger partial charge in [-0.2, -0.15) is 0 Å². The van der Waals surface area contributed by atoms with Crippen LogP contribution in [0.5, 0.6) is 0 Å². The molecule has 1 saturated carbocycles. The summed E-state index contributed by atoms with van der Waals surface area (Å²) in [5.41, 5.74) is 0.574. The van der Waals surface area contributed by atoms with Crippen LogP contribution in [0, 0.1) is 23.5 Å². The Kier molecular flexibility index (Phi) is 6.08. The first-order valence-corrected chi connectivity index (χ1v) is 9.48. The number of benzene rings is 1. The van der Waals surface area contributed by atoms with Crippen LogP contribution in [0.25, 0.3) is 0 Å². The summed E-state index contributed by atoms with van der Waals surface area (Å²) in [6.45, 7) is 1.04. The van der Waals surface area contributed by atoms with E-state index in [1.54, 1.807) is 7.05 Å². The fourth-order valence-corrected chi connectivity index (χ4v) is 4.88. The summed E-state index contributed by atoms with van der Waals surface area (Å²) in [7, 11) is 3.89. The zero-order valence-corrected chi connectivity index (χ0v) is 15.2. The van der Waals surface area contributed by atoms with Crippen molar-refractivity contribution in [1.29, 1.82) is 0 Å². The van der Waals surface area contributed by atoms with Gasteiger partial charge in [-0.15, -0.1) is 0 Å². The van der Waals surface area contributed by atoms with Crippen LogP contribution >= 0.6 is 0 Å². The van der Waals surface area contributed by atoms with Gasteiger partial charge in [0.25, 0.3) is 0 Å². The number of hydrogen-bond acceptors (Lipinski definition) is 3. The van der Waals surface area contributed by atoms with Gasteiger partial charge in [-0.05, 0) is 62.9 Å². The molecule has 2 unspecified atom stereocenters. The molecule has 1 aliphatic carbocycles. The van der Waals surface area contributed by atoms with E-state index in [-0.39, 0.29) is 12.1 Å². The van der Waals surface area contributed by atoms with Gasteiger partial charge in [0.15, 0.2) is 0 Å². The van der Waals surface area contributed by atoms with Crippen LogP contribution in [0.1, 0.15) is 37.7 Å². The third-order valence-electron chi connectivity index (χ3n) is 6.25. The predicted molar refractivity (Wildman–Crippen MR) is 95.4 cm³/mol. The van der Waals surface area contributed by atoms with Crippen LogP contribution in [0.4, 0.5) is 8.78 Å². The Labute approximate surface area is 149 Å². The molecular formula is C20H30F2N2O. The van der Waals surface area contributed by atoms with Crippen molar-refractivity contribution in [3.63, 3.8) is 0 Å². The molecule has 2 fully saturated rings. The molecule has 1 aromatic carbocycles. The Hall–Kier alpha value is -1.04. The highest BCUT2D eigenvalue weighted by Gasteiger charge is 2.39. The lowest BCUT2D eigenvalue weighted by Gasteiger charge is -2.47. The van der Waals surface area contributed by atoms with Crippen molar-refractivity contribution in [2.45, 2.75) is 56.7 Å². The zero-order valence-electron chi connectivity index (χ0n) is 15.2. The smallest absolute Gasteiger partial charge is 0.126 e. The third kappa shape index (κ3) is 4.39. The number of likely N-dealkylation sites (N-methyl/N-ethyl adjacent to an activating group) is 2. The highest BCUT2D eigenvalue weighted by atomic mass is 19.1. The highest BCUT2D eigenvalue weighted by Crippen LogP contribution is 2.39. The maximum atomic E-state index is 13.5. The number of likely N-dealkylation sites (tertiary alicyclic amines) is 1. The molecule has 3 nitrogen and oxygen atoms in total. The molecule has 2 N–H and O–H groups in total. The molecule has 3 rings (SSSR count). The maximum Gasteiger partial charge on any atom is 0.126 e. The van der Waals surface area contributed by atoms with E-state index in [0.717, 1.165) is 24.9 Å². The van der Waals surface area contributed by atoms with Crippen molar-refractivity contribution < 1.29 is 13.9 Å². The average Bonchev–Trinajstić information content (AvgIpc) is 2.57. The molecule has 5 atom stereocenters. The standard InChI is InChI=1S/C20H30F2N2O/c1-23-18(9-13-7-16(21)11-17(22)8-13)20(25)19-10-14-5-3-4-6-15(14)12-24(19)2/h7-8,11,14-15,18-20,23,25H,3-6,9-10,12H2,1-2H3/t14?,15?,18-,19+,20-/m0/s1. The van der Waals surface area contributed by atoms with E-state index in [1.165, 1.54) is 37.8 Å². The minimum atomic E-state index is -0.570. The number of nitrogens with zero attached hydrogens (tertiary/aromatic N) is 1. The molecule has 0 amide bonds. The van der Waals surface area contributed by atoms with Gasteiger partial charge in [0.2, 0.25) is 0 Å². The predicted octanol–water partition coefficient (Wildman–Crippen LogP) is 2.97. The lowest BCUT2D eigenvalue weighted by Crippen LogP contribution is -2.57. The molecule has 5 heteroatoms. The van der Waals surface area contributed by atoms with E-state index in [4.69, 9.17) is 0 Å². The van der Waals surface area contributed by atoms with Gasteiger partial charge >= 0.3 is 0 Å². The van der Waals surface area contributed by atoms with Crippen LogP contribution < -0.4 is 5.32 Å². The molecule has 140 valence electrons. The number of hydrogen-bond donors (Lipinski definition) is 2. The molecule has 1 aromatic rings. The van der Waals surface area contributed by atoms with E-state index in [0.29, 0.717) is 17.9 Å². The number of nitrogens with one attached hydrogen (secondary N) is 1. The maximum absolute atomic E-state index is 13.5. The average molecular weight is 352 g/mol. The molecule has 25 heavy (non-hydrogen) atoms. The van der Waals surface area contributed by atoms with Crippen molar-refractivity contribution in [2.75, 3.05) is 20.6 Å². The first kappa shape index (κ1) is 18.7. The van der Waals surface area contributed by atoms with Gasteiger partial charge in [0.1, 0.15) is 11.6 Å². The Morgan fingerprint density at radius 2 is 1.80 bits per heavy atom. The summed E-state index contributed by atoms with van der Waals surface area (Å²) in [5, 5.41) is 14.2. The topological polar surface area (TPSA) is 35.5 Å². The first-order chi connectivity index (χ1) is 12.0. The van der Waals surface area contributed by atoms with Gasteiger partial charge in [-0.25, -0.2) is 8.78 Å². The molecule has 0 radical (unpaired) electrons.